The molecule has 2 N–H and O–H groups in total. The number of fused-ring (bicyclic) bond motifs is 1. The van der Waals surface area contributed by atoms with E-state index in [1.54, 1.807) is 17.4 Å². The Balaban J connectivity index is 1.44. The van der Waals surface area contributed by atoms with Gasteiger partial charge in [0.2, 0.25) is 0 Å². The number of alkyl halides is 3. The SMILES string of the molecule is FC(F)(F)c1ccccc1CNc1cccc(NCc2csc3ccc(Cl)cc23)c1. The normalized spacial score (nSPS) is 11.6. The van der Waals surface area contributed by atoms with Crippen molar-refractivity contribution >= 4 is 44.4 Å². The van der Waals surface area contributed by atoms with Crippen LogP contribution in [0.1, 0.15) is 16.7 Å². The summed E-state index contributed by atoms with van der Waals surface area (Å²) >= 11 is 7.78. The van der Waals surface area contributed by atoms with Crippen LogP contribution in [0.25, 0.3) is 10.1 Å². The summed E-state index contributed by atoms with van der Waals surface area (Å²) in [7, 11) is 0. The van der Waals surface area contributed by atoms with Crippen LogP contribution in [0.3, 0.4) is 0 Å². The molecule has 0 atom stereocenters. The van der Waals surface area contributed by atoms with Gasteiger partial charge in [0.15, 0.2) is 0 Å². The van der Waals surface area contributed by atoms with Crippen LogP contribution in [0, 0.1) is 0 Å². The Morgan fingerprint density at radius 1 is 0.800 bits per heavy atom. The minimum absolute atomic E-state index is 0.0901. The van der Waals surface area contributed by atoms with E-state index in [1.165, 1.54) is 16.8 Å². The van der Waals surface area contributed by atoms with E-state index in [1.807, 2.05) is 42.5 Å². The minimum atomic E-state index is -4.37. The van der Waals surface area contributed by atoms with E-state index in [0.29, 0.717) is 11.6 Å². The maximum Gasteiger partial charge on any atom is 0.416 e. The second-order valence-electron chi connectivity index (χ2n) is 6.84. The lowest BCUT2D eigenvalue weighted by Gasteiger charge is -2.14. The Labute approximate surface area is 181 Å². The summed E-state index contributed by atoms with van der Waals surface area (Å²) in [5.41, 5.74) is 2.37. The fraction of sp³-hybridized carbons (Fsp3) is 0.130. The standard InChI is InChI=1S/C23H18ClF3N2S/c24-17-8-9-22-20(10-17)16(14-30-22)13-29-19-6-3-5-18(11-19)28-12-15-4-1-2-7-21(15)23(25,26)27/h1-11,14,28-29H,12-13H2. The highest BCUT2D eigenvalue weighted by atomic mass is 35.5. The Morgan fingerprint density at radius 3 is 2.23 bits per heavy atom. The van der Waals surface area contributed by atoms with Gasteiger partial charge in [-0.1, -0.05) is 35.9 Å². The zero-order valence-corrected chi connectivity index (χ0v) is 17.3. The van der Waals surface area contributed by atoms with Gasteiger partial charge in [0, 0.05) is 34.2 Å². The Bertz CT molecular complexity index is 1170. The van der Waals surface area contributed by atoms with Crippen LogP contribution >= 0.6 is 22.9 Å². The van der Waals surface area contributed by atoms with Crippen molar-refractivity contribution in [3.05, 3.63) is 93.8 Å². The lowest BCUT2D eigenvalue weighted by molar-refractivity contribution is -0.138. The van der Waals surface area contributed by atoms with Crippen LogP contribution in [0.5, 0.6) is 0 Å². The van der Waals surface area contributed by atoms with Gasteiger partial charge in [0.25, 0.3) is 0 Å². The molecule has 0 saturated carbocycles. The molecule has 0 aliphatic heterocycles. The third-order valence-corrected chi connectivity index (χ3v) is 6.01. The van der Waals surface area contributed by atoms with Crippen molar-refractivity contribution in [2.75, 3.05) is 10.6 Å². The molecule has 30 heavy (non-hydrogen) atoms. The van der Waals surface area contributed by atoms with Gasteiger partial charge in [0.05, 0.1) is 5.56 Å². The molecule has 0 aliphatic carbocycles. The molecule has 154 valence electrons. The summed E-state index contributed by atoms with van der Waals surface area (Å²) in [6, 6.07) is 19.0. The van der Waals surface area contributed by atoms with Gasteiger partial charge in [-0.15, -0.1) is 11.3 Å². The van der Waals surface area contributed by atoms with Crippen molar-refractivity contribution in [1.82, 2.24) is 0 Å². The van der Waals surface area contributed by atoms with E-state index in [2.05, 4.69) is 16.0 Å². The third-order valence-electron chi connectivity index (χ3n) is 4.77. The summed E-state index contributed by atoms with van der Waals surface area (Å²) in [5.74, 6) is 0. The van der Waals surface area contributed by atoms with Gasteiger partial charge in [-0.25, -0.2) is 0 Å². The first-order valence-corrected chi connectivity index (χ1v) is 10.5. The van der Waals surface area contributed by atoms with Crippen LogP contribution < -0.4 is 10.6 Å². The van der Waals surface area contributed by atoms with E-state index in [0.717, 1.165) is 28.4 Å². The zero-order chi connectivity index (χ0) is 21.1. The molecule has 0 spiro atoms. The van der Waals surface area contributed by atoms with E-state index < -0.39 is 11.7 Å². The molecule has 7 heteroatoms. The molecule has 0 radical (unpaired) electrons. The number of benzene rings is 3. The van der Waals surface area contributed by atoms with Gasteiger partial charge < -0.3 is 10.6 Å². The number of rotatable bonds is 6. The van der Waals surface area contributed by atoms with Crippen molar-refractivity contribution < 1.29 is 13.2 Å². The van der Waals surface area contributed by atoms with Crippen molar-refractivity contribution in [3.63, 3.8) is 0 Å². The summed E-state index contributed by atoms with van der Waals surface area (Å²) in [6.07, 6.45) is -4.37. The number of anilines is 2. The van der Waals surface area contributed by atoms with Crippen LogP contribution in [0.4, 0.5) is 24.5 Å². The molecule has 1 aromatic heterocycles. The minimum Gasteiger partial charge on any atom is -0.381 e. The van der Waals surface area contributed by atoms with Gasteiger partial charge >= 0.3 is 6.18 Å². The van der Waals surface area contributed by atoms with E-state index in [9.17, 15) is 13.2 Å². The highest BCUT2D eigenvalue weighted by Gasteiger charge is 2.32. The molecule has 4 aromatic rings. The number of nitrogens with one attached hydrogen (secondary N) is 2. The molecular formula is C23H18ClF3N2S. The third kappa shape index (κ3) is 4.71. The summed E-state index contributed by atoms with van der Waals surface area (Å²) in [6.45, 7) is 0.716. The van der Waals surface area contributed by atoms with E-state index in [-0.39, 0.29) is 12.1 Å². The van der Waals surface area contributed by atoms with Gasteiger partial charge in [-0.05, 0) is 64.4 Å². The molecule has 2 nitrogen and oxygen atoms in total. The van der Waals surface area contributed by atoms with Gasteiger partial charge in [0.1, 0.15) is 0 Å². The molecule has 0 amide bonds. The molecule has 0 saturated heterocycles. The fourth-order valence-corrected chi connectivity index (χ4v) is 4.39. The fourth-order valence-electron chi connectivity index (χ4n) is 3.28. The highest BCUT2D eigenvalue weighted by molar-refractivity contribution is 7.17. The van der Waals surface area contributed by atoms with Crippen LogP contribution in [0.15, 0.2) is 72.1 Å². The second kappa shape index (κ2) is 8.58. The molecule has 0 bridgehead atoms. The van der Waals surface area contributed by atoms with E-state index in [4.69, 9.17) is 11.6 Å². The first-order valence-electron chi connectivity index (χ1n) is 9.29. The Morgan fingerprint density at radius 2 is 1.50 bits per heavy atom. The number of halogens is 4. The molecule has 3 aromatic carbocycles. The zero-order valence-electron chi connectivity index (χ0n) is 15.8. The average molecular weight is 447 g/mol. The smallest absolute Gasteiger partial charge is 0.381 e. The van der Waals surface area contributed by atoms with Crippen LogP contribution in [0.2, 0.25) is 5.02 Å². The predicted molar refractivity (Wildman–Crippen MR) is 119 cm³/mol. The lowest BCUT2D eigenvalue weighted by Crippen LogP contribution is -2.11. The number of hydrogen-bond acceptors (Lipinski definition) is 3. The topological polar surface area (TPSA) is 24.1 Å². The maximum atomic E-state index is 13.2. The molecule has 0 unspecified atom stereocenters. The monoisotopic (exact) mass is 446 g/mol. The molecule has 1 heterocycles. The highest BCUT2D eigenvalue weighted by Crippen LogP contribution is 2.32. The summed E-state index contributed by atoms with van der Waals surface area (Å²) in [4.78, 5) is 0. The summed E-state index contributed by atoms with van der Waals surface area (Å²) < 4.78 is 40.7. The van der Waals surface area contributed by atoms with Crippen LogP contribution in [-0.2, 0) is 19.3 Å². The second-order valence-corrected chi connectivity index (χ2v) is 8.19. The quantitative estimate of drug-likeness (QED) is 0.315. The van der Waals surface area contributed by atoms with Crippen molar-refractivity contribution in [1.29, 1.82) is 0 Å². The van der Waals surface area contributed by atoms with Gasteiger partial charge in [-0.3, -0.25) is 0 Å². The van der Waals surface area contributed by atoms with Gasteiger partial charge in [-0.2, -0.15) is 13.2 Å². The predicted octanol–water partition coefficient (Wildman–Crippen LogP) is 7.80. The van der Waals surface area contributed by atoms with E-state index >= 15 is 0 Å². The molecule has 4 rings (SSSR count). The summed E-state index contributed by atoms with van der Waals surface area (Å²) in [5, 5.41) is 10.4. The van der Waals surface area contributed by atoms with Crippen molar-refractivity contribution in [2.24, 2.45) is 0 Å². The average Bonchev–Trinajstić information content (AvgIpc) is 3.12. The largest absolute Gasteiger partial charge is 0.416 e. The number of hydrogen-bond donors (Lipinski definition) is 2. The lowest BCUT2D eigenvalue weighted by atomic mass is 10.1. The maximum absolute atomic E-state index is 13.2. The Kier molecular flexibility index (Phi) is 5.88. The molecule has 0 aliphatic rings. The van der Waals surface area contributed by atoms with Crippen LogP contribution in [-0.4, -0.2) is 0 Å². The Hall–Kier alpha value is -2.70. The first kappa shape index (κ1) is 20.6. The first-order chi connectivity index (χ1) is 14.4. The molecular weight excluding hydrogens is 429 g/mol. The molecule has 0 fully saturated rings. The van der Waals surface area contributed by atoms with Crippen molar-refractivity contribution in [2.45, 2.75) is 19.3 Å². The van der Waals surface area contributed by atoms with Crippen molar-refractivity contribution in [3.8, 4) is 0 Å². The number of thiophene rings is 1.